The zero-order valence-corrected chi connectivity index (χ0v) is 17.4. The zero-order chi connectivity index (χ0) is 21.9. The third-order valence-corrected chi connectivity index (χ3v) is 4.40. The van der Waals surface area contributed by atoms with Crippen molar-refractivity contribution in [2.75, 3.05) is 11.9 Å². The lowest BCUT2D eigenvalue weighted by molar-refractivity contribution is -0.384. The van der Waals surface area contributed by atoms with E-state index in [4.69, 9.17) is 17.0 Å². The number of anilines is 1. The van der Waals surface area contributed by atoms with Gasteiger partial charge in [0.2, 0.25) is 5.91 Å². The van der Waals surface area contributed by atoms with E-state index in [0.717, 1.165) is 6.42 Å². The average Bonchev–Trinajstić information content (AvgIpc) is 2.71. The number of amides is 1. The van der Waals surface area contributed by atoms with Crippen LogP contribution < -0.4 is 10.6 Å². The first kappa shape index (κ1) is 23.0. The van der Waals surface area contributed by atoms with Gasteiger partial charge < -0.3 is 15.4 Å². The lowest BCUT2D eigenvalue weighted by Gasteiger charge is -2.11. The molecule has 0 radical (unpaired) electrons. The summed E-state index contributed by atoms with van der Waals surface area (Å²) < 4.78 is 5.14. The maximum Gasteiger partial charge on any atom is 0.306 e. The smallest absolute Gasteiger partial charge is 0.306 e. The molecule has 30 heavy (non-hydrogen) atoms. The van der Waals surface area contributed by atoms with E-state index in [0.29, 0.717) is 24.3 Å². The number of carbonyl (C=O) groups is 2. The van der Waals surface area contributed by atoms with Crippen LogP contribution in [0.5, 0.6) is 0 Å². The predicted molar refractivity (Wildman–Crippen MR) is 117 cm³/mol. The van der Waals surface area contributed by atoms with E-state index in [9.17, 15) is 19.7 Å². The number of hydrogen-bond donors (Lipinski definition) is 2. The second kappa shape index (κ2) is 11.6. The minimum absolute atomic E-state index is 0.0321. The summed E-state index contributed by atoms with van der Waals surface area (Å²) in [4.78, 5) is 34.0. The highest BCUT2D eigenvalue weighted by Gasteiger charge is 2.12. The number of ether oxygens (including phenoxy) is 1. The van der Waals surface area contributed by atoms with Gasteiger partial charge in [0.15, 0.2) is 5.11 Å². The Morgan fingerprint density at radius 3 is 2.53 bits per heavy atom. The van der Waals surface area contributed by atoms with E-state index in [2.05, 4.69) is 10.6 Å². The Balaban J connectivity index is 1.65. The van der Waals surface area contributed by atoms with Crippen molar-refractivity contribution < 1.29 is 19.2 Å². The molecule has 0 spiro atoms. The highest BCUT2D eigenvalue weighted by atomic mass is 32.1. The first-order chi connectivity index (χ1) is 14.3. The number of rotatable bonds is 9. The number of nitrogens with one attached hydrogen (secondary N) is 2. The SMILES string of the molecule is Cc1cc([N+](=O)[O-])ccc1NC(=S)NC(=O)CCC(=O)OCCCc1ccccc1. The van der Waals surface area contributed by atoms with Crippen molar-refractivity contribution in [1.82, 2.24) is 5.32 Å². The Labute approximate surface area is 179 Å². The monoisotopic (exact) mass is 429 g/mol. The number of nitro benzene ring substituents is 1. The first-order valence-corrected chi connectivity index (χ1v) is 9.81. The van der Waals surface area contributed by atoms with Crippen LogP contribution in [0.2, 0.25) is 0 Å². The van der Waals surface area contributed by atoms with Crippen molar-refractivity contribution in [3.8, 4) is 0 Å². The lowest BCUT2D eigenvalue weighted by atomic mass is 10.1. The van der Waals surface area contributed by atoms with E-state index in [-0.39, 0.29) is 23.6 Å². The van der Waals surface area contributed by atoms with E-state index < -0.39 is 16.8 Å². The summed E-state index contributed by atoms with van der Waals surface area (Å²) in [6.07, 6.45) is 1.43. The molecule has 0 saturated heterocycles. The molecule has 2 aromatic rings. The van der Waals surface area contributed by atoms with Crippen molar-refractivity contribution in [3.63, 3.8) is 0 Å². The molecule has 9 heteroatoms. The average molecular weight is 429 g/mol. The molecule has 0 aliphatic heterocycles. The van der Waals surface area contributed by atoms with Crippen molar-refractivity contribution in [2.24, 2.45) is 0 Å². The van der Waals surface area contributed by atoms with Gasteiger partial charge in [0.1, 0.15) is 0 Å². The molecule has 1 amide bonds. The molecule has 0 bridgehead atoms. The number of benzene rings is 2. The number of nitrogens with zero attached hydrogens (tertiary/aromatic N) is 1. The van der Waals surface area contributed by atoms with Crippen LogP contribution in [-0.4, -0.2) is 28.5 Å². The summed E-state index contributed by atoms with van der Waals surface area (Å²) in [5, 5.41) is 16.1. The third-order valence-electron chi connectivity index (χ3n) is 4.19. The summed E-state index contributed by atoms with van der Waals surface area (Å²) in [6.45, 7) is 1.99. The quantitative estimate of drug-likeness (QED) is 0.206. The van der Waals surface area contributed by atoms with Crippen LogP contribution in [0.15, 0.2) is 48.5 Å². The van der Waals surface area contributed by atoms with Gasteiger partial charge in [0, 0.05) is 24.2 Å². The molecule has 2 rings (SSSR count). The number of esters is 1. The molecule has 0 fully saturated rings. The second-order valence-electron chi connectivity index (χ2n) is 6.57. The van der Waals surface area contributed by atoms with Crippen molar-refractivity contribution in [1.29, 1.82) is 0 Å². The number of carbonyl (C=O) groups excluding carboxylic acids is 2. The molecule has 0 aromatic heterocycles. The van der Waals surface area contributed by atoms with Crippen molar-refractivity contribution in [2.45, 2.75) is 32.6 Å². The second-order valence-corrected chi connectivity index (χ2v) is 6.98. The standard InChI is InChI=1S/C21H23N3O5S/c1-15-14-17(24(27)28)9-10-18(15)22-21(30)23-19(25)11-12-20(26)29-13-5-8-16-6-3-2-4-7-16/h2-4,6-7,9-10,14H,5,8,11-13H2,1H3,(H2,22,23,25,30). The van der Waals surface area contributed by atoms with E-state index in [1.807, 2.05) is 30.3 Å². The van der Waals surface area contributed by atoms with Crippen LogP contribution >= 0.6 is 12.2 Å². The fraction of sp³-hybridized carbons (Fsp3) is 0.286. The van der Waals surface area contributed by atoms with Gasteiger partial charge in [-0.1, -0.05) is 30.3 Å². The van der Waals surface area contributed by atoms with Gasteiger partial charge in [0.05, 0.1) is 18.0 Å². The van der Waals surface area contributed by atoms with Gasteiger partial charge in [-0.15, -0.1) is 0 Å². The summed E-state index contributed by atoms with van der Waals surface area (Å²) >= 11 is 5.08. The summed E-state index contributed by atoms with van der Waals surface area (Å²) in [6, 6.07) is 14.2. The number of hydrogen-bond acceptors (Lipinski definition) is 6. The zero-order valence-electron chi connectivity index (χ0n) is 16.6. The summed E-state index contributed by atoms with van der Waals surface area (Å²) in [5.74, 6) is -0.864. The molecule has 8 nitrogen and oxygen atoms in total. The molecule has 2 aromatic carbocycles. The van der Waals surface area contributed by atoms with Crippen LogP contribution in [-0.2, 0) is 20.7 Å². The van der Waals surface area contributed by atoms with Crippen LogP contribution in [0.1, 0.15) is 30.4 Å². The van der Waals surface area contributed by atoms with E-state index in [1.165, 1.54) is 23.8 Å². The van der Waals surface area contributed by atoms with Gasteiger partial charge in [-0.25, -0.2) is 0 Å². The Morgan fingerprint density at radius 2 is 1.87 bits per heavy atom. The number of non-ortho nitro benzene ring substituents is 1. The largest absolute Gasteiger partial charge is 0.466 e. The first-order valence-electron chi connectivity index (χ1n) is 9.40. The van der Waals surface area contributed by atoms with E-state index in [1.54, 1.807) is 6.92 Å². The maximum atomic E-state index is 12.0. The van der Waals surface area contributed by atoms with Gasteiger partial charge in [-0.3, -0.25) is 19.7 Å². The van der Waals surface area contributed by atoms with Crippen LogP contribution in [0, 0.1) is 17.0 Å². The van der Waals surface area contributed by atoms with Crippen molar-refractivity contribution >= 4 is 40.6 Å². The fourth-order valence-corrected chi connectivity index (χ4v) is 2.86. The Bertz CT molecular complexity index is 918. The predicted octanol–water partition coefficient (Wildman–Crippen LogP) is 3.67. The number of nitro groups is 1. The Hall–Kier alpha value is -3.33. The lowest BCUT2D eigenvalue weighted by Crippen LogP contribution is -2.34. The van der Waals surface area contributed by atoms with Crippen LogP contribution in [0.3, 0.4) is 0 Å². The maximum absolute atomic E-state index is 12.0. The molecule has 0 heterocycles. The van der Waals surface area contributed by atoms with E-state index >= 15 is 0 Å². The molecule has 0 aliphatic rings. The minimum atomic E-state index is -0.488. The molecule has 0 atom stereocenters. The van der Waals surface area contributed by atoms with Crippen LogP contribution in [0.4, 0.5) is 11.4 Å². The van der Waals surface area contributed by atoms with Gasteiger partial charge >= 0.3 is 5.97 Å². The molecular formula is C21H23N3O5S. The Morgan fingerprint density at radius 1 is 1.13 bits per heavy atom. The molecule has 158 valence electrons. The van der Waals surface area contributed by atoms with Gasteiger partial charge in [-0.2, -0.15) is 0 Å². The number of thiocarbonyl (C=S) groups is 1. The highest BCUT2D eigenvalue weighted by molar-refractivity contribution is 7.80. The third kappa shape index (κ3) is 7.96. The Kier molecular flexibility index (Phi) is 8.89. The van der Waals surface area contributed by atoms with Crippen LogP contribution in [0.25, 0.3) is 0 Å². The fourth-order valence-electron chi connectivity index (χ4n) is 2.64. The summed E-state index contributed by atoms with van der Waals surface area (Å²) in [7, 11) is 0. The molecule has 0 aliphatic carbocycles. The molecule has 0 saturated carbocycles. The van der Waals surface area contributed by atoms with Crippen molar-refractivity contribution in [3.05, 3.63) is 69.8 Å². The summed E-state index contributed by atoms with van der Waals surface area (Å²) in [5.41, 5.74) is 2.30. The van der Waals surface area contributed by atoms with Gasteiger partial charge in [-0.05, 0) is 49.2 Å². The molecular weight excluding hydrogens is 406 g/mol. The highest BCUT2D eigenvalue weighted by Crippen LogP contribution is 2.21. The molecule has 2 N–H and O–H groups in total. The topological polar surface area (TPSA) is 111 Å². The number of aryl methyl sites for hydroxylation is 2. The normalized spacial score (nSPS) is 10.2. The molecule has 0 unspecified atom stereocenters. The minimum Gasteiger partial charge on any atom is -0.466 e. The van der Waals surface area contributed by atoms with Gasteiger partial charge in [0.25, 0.3) is 5.69 Å².